The molecule has 0 amide bonds. The van der Waals surface area contributed by atoms with Crippen LogP contribution in [-0.4, -0.2) is 9.38 Å². The van der Waals surface area contributed by atoms with Crippen molar-refractivity contribution in [2.24, 2.45) is 0 Å². The van der Waals surface area contributed by atoms with E-state index in [1.807, 2.05) is 12.1 Å². The van der Waals surface area contributed by atoms with Crippen molar-refractivity contribution in [3.8, 4) is 0 Å². The molecule has 2 aromatic rings. The molecule has 0 bridgehead atoms. The fourth-order valence-electron chi connectivity index (χ4n) is 2.23. The zero-order valence-corrected chi connectivity index (χ0v) is 9.46. The summed E-state index contributed by atoms with van der Waals surface area (Å²) >= 11 is 6.14. The molecule has 2 heterocycles. The van der Waals surface area contributed by atoms with Gasteiger partial charge >= 0.3 is 0 Å². The van der Waals surface area contributed by atoms with Crippen molar-refractivity contribution in [3.63, 3.8) is 0 Å². The van der Waals surface area contributed by atoms with Crippen molar-refractivity contribution >= 4 is 17.1 Å². The number of nitrogens with zero attached hydrogens (tertiary/aromatic N) is 2. The minimum absolute atomic E-state index is 0.617. The molecule has 2 nitrogen and oxygen atoms in total. The van der Waals surface area contributed by atoms with Crippen LogP contribution in [0.4, 0.5) is 0 Å². The lowest BCUT2D eigenvalue weighted by Gasteiger charge is -2.24. The number of pyridine rings is 1. The summed E-state index contributed by atoms with van der Waals surface area (Å²) in [5, 5.41) is 0.639. The molecule has 2 aromatic heterocycles. The molecular formula is C12H13ClN2. The highest BCUT2D eigenvalue weighted by Crippen LogP contribution is 2.37. The van der Waals surface area contributed by atoms with Crippen LogP contribution in [0.15, 0.2) is 18.2 Å². The van der Waals surface area contributed by atoms with Crippen LogP contribution < -0.4 is 0 Å². The Balaban J connectivity index is 2.29. The Kier molecular flexibility index (Phi) is 1.99. The molecule has 15 heavy (non-hydrogen) atoms. The first-order chi connectivity index (χ1) is 7.27. The third kappa shape index (κ3) is 1.28. The van der Waals surface area contributed by atoms with Gasteiger partial charge in [-0.1, -0.05) is 24.1 Å². The van der Waals surface area contributed by atoms with Crippen LogP contribution in [0, 0.1) is 6.92 Å². The maximum atomic E-state index is 6.14. The SMILES string of the molecule is Cc1cccc2c(Cl)nc(C3CCC3)n12. The standard InChI is InChI=1S/C12H13ClN2/c1-8-4-2-7-10-11(13)14-12(15(8)10)9-5-3-6-9/h2,4,7,9H,3,5-6H2,1H3. The molecule has 1 saturated carbocycles. The third-order valence-corrected chi connectivity index (χ3v) is 3.59. The van der Waals surface area contributed by atoms with Crippen molar-refractivity contribution in [2.45, 2.75) is 32.1 Å². The lowest BCUT2D eigenvalue weighted by molar-refractivity contribution is 0.400. The molecule has 78 valence electrons. The Hall–Kier alpha value is -1.02. The van der Waals surface area contributed by atoms with Gasteiger partial charge in [0.05, 0.1) is 5.52 Å². The van der Waals surface area contributed by atoms with Crippen molar-refractivity contribution in [1.82, 2.24) is 9.38 Å². The van der Waals surface area contributed by atoms with Gasteiger partial charge in [0.15, 0.2) is 5.15 Å². The molecule has 1 fully saturated rings. The predicted molar refractivity (Wildman–Crippen MR) is 61.5 cm³/mol. The molecule has 0 radical (unpaired) electrons. The Morgan fingerprint density at radius 1 is 1.40 bits per heavy atom. The third-order valence-electron chi connectivity index (χ3n) is 3.31. The van der Waals surface area contributed by atoms with Crippen LogP contribution in [0.1, 0.15) is 36.7 Å². The van der Waals surface area contributed by atoms with Crippen molar-refractivity contribution in [3.05, 3.63) is 34.9 Å². The summed E-state index contributed by atoms with van der Waals surface area (Å²) in [5.74, 6) is 1.77. The average Bonchev–Trinajstić information content (AvgIpc) is 2.43. The fourth-order valence-corrected chi connectivity index (χ4v) is 2.46. The second kappa shape index (κ2) is 3.24. The molecule has 0 atom stereocenters. The molecule has 3 heteroatoms. The molecule has 0 aromatic carbocycles. The predicted octanol–water partition coefficient (Wildman–Crippen LogP) is 3.56. The summed E-state index contributed by atoms with van der Waals surface area (Å²) in [5.41, 5.74) is 2.26. The fraction of sp³-hybridized carbons (Fsp3) is 0.417. The number of halogens is 1. The minimum Gasteiger partial charge on any atom is -0.299 e. The zero-order valence-electron chi connectivity index (χ0n) is 8.70. The van der Waals surface area contributed by atoms with Gasteiger partial charge in [-0.25, -0.2) is 4.98 Å². The highest BCUT2D eigenvalue weighted by atomic mass is 35.5. The van der Waals surface area contributed by atoms with Crippen LogP contribution in [0.2, 0.25) is 5.15 Å². The van der Waals surface area contributed by atoms with Gasteiger partial charge in [-0.2, -0.15) is 0 Å². The molecule has 3 rings (SSSR count). The van der Waals surface area contributed by atoms with E-state index in [9.17, 15) is 0 Å². The van der Waals surface area contributed by atoms with E-state index in [4.69, 9.17) is 11.6 Å². The summed E-state index contributed by atoms with van der Waals surface area (Å²) in [7, 11) is 0. The lowest BCUT2D eigenvalue weighted by atomic mass is 9.85. The van der Waals surface area contributed by atoms with E-state index in [1.165, 1.54) is 25.0 Å². The van der Waals surface area contributed by atoms with E-state index >= 15 is 0 Å². The first-order valence-electron chi connectivity index (χ1n) is 5.41. The molecule has 0 N–H and O–H groups in total. The van der Waals surface area contributed by atoms with Crippen LogP contribution in [0.25, 0.3) is 5.52 Å². The van der Waals surface area contributed by atoms with Gasteiger partial charge < -0.3 is 0 Å². The van der Waals surface area contributed by atoms with E-state index < -0.39 is 0 Å². The molecular weight excluding hydrogens is 208 g/mol. The van der Waals surface area contributed by atoms with E-state index in [-0.39, 0.29) is 0 Å². The number of aromatic nitrogens is 2. The highest BCUT2D eigenvalue weighted by molar-refractivity contribution is 6.32. The summed E-state index contributed by atoms with van der Waals surface area (Å²) < 4.78 is 2.20. The summed E-state index contributed by atoms with van der Waals surface area (Å²) in [4.78, 5) is 4.50. The summed E-state index contributed by atoms with van der Waals surface area (Å²) in [6.45, 7) is 2.10. The summed E-state index contributed by atoms with van der Waals surface area (Å²) in [6.07, 6.45) is 3.83. The van der Waals surface area contributed by atoms with Gasteiger partial charge in [-0.3, -0.25) is 4.40 Å². The van der Waals surface area contributed by atoms with Gasteiger partial charge in [0.1, 0.15) is 5.82 Å². The van der Waals surface area contributed by atoms with Crippen molar-refractivity contribution in [2.75, 3.05) is 0 Å². The molecule has 1 aliphatic carbocycles. The summed E-state index contributed by atoms with van der Waals surface area (Å²) in [6, 6.07) is 6.17. The number of rotatable bonds is 1. The molecule has 0 saturated heterocycles. The molecule has 0 unspecified atom stereocenters. The monoisotopic (exact) mass is 220 g/mol. The van der Waals surface area contributed by atoms with E-state index in [2.05, 4.69) is 22.4 Å². The second-order valence-corrected chi connectivity index (χ2v) is 4.63. The Morgan fingerprint density at radius 2 is 2.20 bits per heavy atom. The van der Waals surface area contributed by atoms with E-state index in [0.29, 0.717) is 11.1 Å². The van der Waals surface area contributed by atoms with E-state index in [1.54, 1.807) is 0 Å². The van der Waals surface area contributed by atoms with Crippen LogP contribution in [-0.2, 0) is 0 Å². The van der Waals surface area contributed by atoms with Crippen LogP contribution in [0.3, 0.4) is 0 Å². The number of aryl methyl sites for hydroxylation is 1. The van der Waals surface area contributed by atoms with Crippen LogP contribution >= 0.6 is 11.6 Å². The first kappa shape index (κ1) is 9.22. The van der Waals surface area contributed by atoms with Gasteiger partial charge in [0.2, 0.25) is 0 Å². The molecule has 0 aliphatic heterocycles. The van der Waals surface area contributed by atoms with Crippen molar-refractivity contribution < 1.29 is 0 Å². The van der Waals surface area contributed by atoms with Gasteiger partial charge in [-0.05, 0) is 31.9 Å². The lowest BCUT2D eigenvalue weighted by Crippen LogP contribution is -2.13. The van der Waals surface area contributed by atoms with Gasteiger partial charge in [0.25, 0.3) is 0 Å². The quantitative estimate of drug-likeness (QED) is 0.718. The normalized spacial score (nSPS) is 16.9. The van der Waals surface area contributed by atoms with E-state index in [0.717, 1.165) is 11.3 Å². The molecule has 0 spiro atoms. The Bertz CT molecular complexity index is 512. The van der Waals surface area contributed by atoms with Crippen molar-refractivity contribution in [1.29, 1.82) is 0 Å². The zero-order chi connectivity index (χ0) is 10.4. The van der Waals surface area contributed by atoms with Crippen LogP contribution in [0.5, 0.6) is 0 Å². The Labute approximate surface area is 93.9 Å². The van der Waals surface area contributed by atoms with Gasteiger partial charge in [0, 0.05) is 11.6 Å². The number of fused-ring (bicyclic) bond motifs is 1. The highest BCUT2D eigenvalue weighted by Gasteiger charge is 2.25. The largest absolute Gasteiger partial charge is 0.299 e. The first-order valence-corrected chi connectivity index (χ1v) is 5.78. The Morgan fingerprint density at radius 3 is 2.87 bits per heavy atom. The smallest absolute Gasteiger partial charge is 0.155 e. The number of hydrogen-bond acceptors (Lipinski definition) is 1. The minimum atomic E-state index is 0.617. The topological polar surface area (TPSA) is 17.3 Å². The maximum absolute atomic E-state index is 6.14. The van der Waals surface area contributed by atoms with Gasteiger partial charge in [-0.15, -0.1) is 0 Å². The average molecular weight is 221 g/mol. The second-order valence-electron chi connectivity index (χ2n) is 4.28. The number of imidazole rings is 1. The molecule has 1 aliphatic rings. The maximum Gasteiger partial charge on any atom is 0.155 e. The number of hydrogen-bond donors (Lipinski definition) is 0.